The Balaban J connectivity index is 2.35. The molecule has 0 spiro atoms. The van der Waals surface area contributed by atoms with Crippen molar-refractivity contribution < 1.29 is 9.84 Å². The number of hydrogen-bond donors (Lipinski definition) is 1. The van der Waals surface area contributed by atoms with Gasteiger partial charge in [-0.05, 0) is 18.9 Å². The Morgan fingerprint density at radius 1 is 1.58 bits per heavy atom. The maximum atomic E-state index is 9.22. The molecule has 1 aliphatic heterocycles. The van der Waals surface area contributed by atoms with Crippen LogP contribution in [0.4, 0.5) is 0 Å². The van der Waals surface area contributed by atoms with E-state index < -0.39 is 0 Å². The van der Waals surface area contributed by atoms with Crippen molar-refractivity contribution in [3.8, 4) is 0 Å². The first-order chi connectivity index (χ1) is 5.57. The van der Waals surface area contributed by atoms with Gasteiger partial charge in [-0.3, -0.25) is 0 Å². The lowest BCUT2D eigenvalue weighted by atomic mass is 9.73. The second kappa shape index (κ2) is 2.33. The predicted octanol–water partition coefficient (Wildman–Crippen LogP) is 1.49. The van der Waals surface area contributed by atoms with Gasteiger partial charge in [0.25, 0.3) is 0 Å². The van der Waals surface area contributed by atoms with Crippen molar-refractivity contribution in [1.82, 2.24) is 0 Å². The molecule has 1 heterocycles. The Hall–Kier alpha value is -0.340. The van der Waals surface area contributed by atoms with Crippen LogP contribution in [0.3, 0.4) is 0 Å². The number of epoxide rings is 1. The molecule has 2 aliphatic rings. The average Bonchev–Trinajstić information content (AvgIpc) is 2.66. The number of hydrogen-bond acceptors (Lipinski definition) is 2. The van der Waals surface area contributed by atoms with E-state index in [-0.39, 0.29) is 12.0 Å². The Morgan fingerprint density at radius 2 is 2.25 bits per heavy atom. The number of ether oxygens (including phenoxy) is 1. The van der Waals surface area contributed by atoms with Gasteiger partial charge in [-0.25, -0.2) is 0 Å². The van der Waals surface area contributed by atoms with E-state index in [9.17, 15) is 5.11 Å². The lowest BCUT2D eigenvalue weighted by molar-refractivity contribution is 0.238. The van der Waals surface area contributed by atoms with E-state index in [4.69, 9.17) is 4.74 Å². The second-order valence-electron chi connectivity index (χ2n) is 4.44. The molecule has 0 unspecified atom stereocenters. The molecule has 1 N–H and O–H groups in total. The van der Waals surface area contributed by atoms with Gasteiger partial charge >= 0.3 is 0 Å². The molecule has 1 aliphatic carbocycles. The van der Waals surface area contributed by atoms with E-state index in [2.05, 4.69) is 20.8 Å². The molecule has 12 heavy (non-hydrogen) atoms. The summed E-state index contributed by atoms with van der Waals surface area (Å²) in [6.45, 7) is 6.61. The fraction of sp³-hybridized carbons (Fsp3) is 0.800. The molecule has 2 nitrogen and oxygen atoms in total. The van der Waals surface area contributed by atoms with Crippen LogP contribution in [0, 0.1) is 5.41 Å². The summed E-state index contributed by atoms with van der Waals surface area (Å²) in [6.07, 6.45) is 1.82. The molecule has 1 saturated heterocycles. The van der Waals surface area contributed by atoms with Crippen molar-refractivity contribution in [2.45, 2.75) is 39.4 Å². The van der Waals surface area contributed by atoms with Gasteiger partial charge in [0.05, 0.1) is 18.8 Å². The van der Waals surface area contributed by atoms with Gasteiger partial charge in [-0.15, -0.1) is 0 Å². The standard InChI is InChI=1S/C10H16O2/c1-6-4-8-9(12-8)10(2,3)7(6)5-11/h8-9,11H,4-5H2,1-3H3/t8-,9-/m0/s1. The fourth-order valence-electron chi connectivity index (χ4n) is 2.42. The summed E-state index contributed by atoms with van der Waals surface area (Å²) in [6, 6.07) is 0. The molecule has 2 heteroatoms. The van der Waals surface area contributed by atoms with Crippen LogP contribution in [-0.4, -0.2) is 23.9 Å². The van der Waals surface area contributed by atoms with Crippen molar-refractivity contribution in [3.05, 3.63) is 11.1 Å². The van der Waals surface area contributed by atoms with E-state index in [1.54, 1.807) is 0 Å². The molecule has 1 fully saturated rings. The van der Waals surface area contributed by atoms with Crippen molar-refractivity contribution >= 4 is 0 Å². The van der Waals surface area contributed by atoms with Gasteiger partial charge in [0.2, 0.25) is 0 Å². The summed E-state index contributed by atoms with van der Waals surface area (Å²) < 4.78 is 5.54. The molecular weight excluding hydrogens is 152 g/mol. The fourth-order valence-corrected chi connectivity index (χ4v) is 2.42. The minimum Gasteiger partial charge on any atom is -0.392 e. The van der Waals surface area contributed by atoms with Gasteiger partial charge in [0.1, 0.15) is 0 Å². The highest BCUT2D eigenvalue weighted by molar-refractivity contribution is 5.30. The number of rotatable bonds is 1. The monoisotopic (exact) mass is 168 g/mol. The third-order valence-electron chi connectivity index (χ3n) is 3.25. The normalized spacial score (nSPS) is 38.0. The van der Waals surface area contributed by atoms with Gasteiger partial charge in [0.15, 0.2) is 0 Å². The van der Waals surface area contributed by atoms with Gasteiger partial charge in [0, 0.05) is 5.41 Å². The Kier molecular flexibility index (Phi) is 1.61. The van der Waals surface area contributed by atoms with Crippen LogP contribution in [0.15, 0.2) is 11.1 Å². The van der Waals surface area contributed by atoms with Crippen molar-refractivity contribution in [2.75, 3.05) is 6.61 Å². The smallest absolute Gasteiger partial charge is 0.0933 e. The number of aliphatic hydroxyl groups excluding tert-OH is 1. The third-order valence-corrected chi connectivity index (χ3v) is 3.25. The molecule has 0 aromatic heterocycles. The van der Waals surface area contributed by atoms with Crippen LogP contribution in [0.1, 0.15) is 27.2 Å². The van der Waals surface area contributed by atoms with E-state index >= 15 is 0 Å². The van der Waals surface area contributed by atoms with Crippen molar-refractivity contribution in [2.24, 2.45) is 5.41 Å². The van der Waals surface area contributed by atoms with Gasteiger partial charge < -0.3 is 9.84 Å². The molecule has 0 saturated carbocycles. The minimum atomic E-state index is 0.0573. The lowest BCUT2D eigenvalue weighted by Crippen LogP contribution is -2.30. The minimum absolute atomic E-state index is 0.0573. The summed E-state index contributed by atoms with van der Waals surface area (Å²) in [4.78, 5) is 0. The molecular formula is C10H16O2. The molecule has 2 atom stereocenters. The summed E-state index contributed by atoms with van der Waals surface area (Å²) >= 11 is 0. The Bertz CT molecular complexity index is 240. The zero-order valence-electron chi connectivity index (χ0n) is 7.92. The van der Waals surface area contributed by atoms with Gasteiger partial charge in [-0.1, -0.05) is 19.4 Å². The Labute approximate surface area is 73.2 Å². The number of fused-ring (bicyclic) bond motifs is 1. The summed E-state index contributed by atoms with van der Waals surface area (Å²) in [5.41, 5.74) is 2.56. The Morgan fingerprint density at radius 3 is 2.83 bits per heavy atom. The van der Waals surface area contributed by atoms with E-state index in [1.165, 1.54) is 11.1 Å². The largest absolute Gasteiger partial charge is 0.392 e. The molecule has 0 aromatic rings. The molecule has 0 amide bonds. The summed E-state index contributed by atoms with van der Waals surface area (Å²) in [5.74, 6) is 0. The van der Waals surface area contributed by atoms with Crippen LogP contribution in [0.25, 0.3) is 0 Å². The van der Waals surface area contributed by atoms with Crippen LogP contribution < -0.4 is 0 Å². The average molecular weight is 168 g/mol. The highest BCUT2D eigenvalue weighted by Crippen LogP contribution is 2.50. The topological polar surface area (TPSA) is 32.8 Å². The van der Waals surface area contributed by atoms with Crippen molar-refractivity contribution in [3.63, 3.8) is 0 Å². The lowest BCUT2D eigenvalue weighted by Gasteiger charge is -2.30. The van der Waals surface area contributed by atoms with Crippen molar-refractivity contribution in [1.29, 1.82) is 0 Å². The number of aliphatic hydroxyl groups is 1. The first-order valence-electron chi connectivity index (χ1n) is 4.52. The van der Waals surface area contributed by atoms with E-state index in [1.807, 2.05) is 0 Å². The van der Waals surface area contributed by atoms with E-state index in [0.717, 1.165) is 6.42 Å². The summed E-state index contributed by atoms with van der Waals surface area (Å²) in [7, 11) is 0. The van der Waals surface area contributed by atoms with Crippen LogP contribution in [-0.2, 0) is 4.74 Å². The second-order valence-corrected chi connectivity index (χ2v) is 4.44. The summed E-state index contributed by atoms with van der Waals surface area (Å²) in [5, 5.41) is 9.22. The van der Waals surface area contributed by atoms with Crippen LogP contribution in [0.2, 0.25) is 0 Å². The predicted molar refractivity (Wildman–Crippen MR) is 46.8 cm³/mol. The highest BCUT2D eigenvalue weighted by Gasteiger charge is 2.54. The molecule has 2 rings (SSSR count). The van der Waals surface area contributed by atoms with Crippen LogP contribution in [0.5, 0.6) is 0 Å². The quantitative estimate of drug-likeness (QED) is 0.475. The zero-order valence-corrected chi connectivity index (χ0v) is 7.92. The zero-order chi connectivity index (χ0) is 8.93. The maximum absolute atomic E-state index is 9.22. The van der Waals surface area contributed by atoms with Gasteiger partial charge in [-0.2, -0.15) is 0 Å². The third kappa shape index (κ3) is 0.947. The highest BCUT2D eigenvalue weighted by atomic mass is 16.6. The maximum Gasteiger partial charge on any atom is 0.0933 e. The van der Waals surface area contributed by atoms with Crippen LogP contribution >= 0.6 is 0 Å². The molecule has 0 bridgehead atoms. The molecule has 0 aromatic carbocycles. The first kappa shape index (κ1) is 8.27. The first-order valence-corrected chi connectivity index (χ1v) is 4.52. The van der Waals surface area contributed by atoms with E-state index in [0.29, 0.717) is 12.2 Å². The SMILES string of the molecule is CC1=C(CO)C(C)(C)[C@H]2O[C@H]2C1. The molecule has 68 valence electrons. The molecule has 0 radical (unpaired) electrons.